The van der Waals surface area contributed by atoms with E-state index in [-0.39, 0.29) is 18.4 Å². The van der Waals surface area contributed by atoms with Crippen LogP contribution in [0.3, 0.4) is 0 Å². The lowest BCUT2D eigenvalue weighted by Crippen LogP contribution is -2.33. The van der Waals surface area contributed by atoms with E-state index in [9.17, 15) is 14.4 Å². The molecule has 0 saturated carbocycles. The maximum Gasteiger partial charge on any atom is 0.335 e. The van der Waals surface area contributed by atoms with Crippen LogP contribution in [0.4, 0.5) is 0 Å². The van der Waals surface area contributed by atoms with Crippen LogP contribution in [0, 0.1) is 5.92 Å². The number of hydrogen-bond donors (Lipinski definition) is 2. The van der Waals surface area contributed by atoms with Crippen molar-refractivity contribution in [1.82, 2.24) is 10.6 Å². The minimum atomic E-state index is -0.675. The molecule has 2 amide bonds. The predicted molar refractivity (Wildman–Crippen MR) is 82.1 cm³/mol. The van der Waals surface area contributed by atoms with Crippen LogP contribution in [0.2, 0.25) is 0 Å². The summed E-state index contributed by atoms with van der Waals surface area (Å²) in [6, 6.07) is 0. The van der Waals surface area contributed by atoms with Crippen LogP contribution in [-0.2, 0) is 23.9 Å². The van der Waals surface area contributed by atoms with Crippen molar-refractivity contribution in [2.75, 3.05) is 26.3 Å². The van der Waals surface area contributed by atoms with Gasteiger partial charge in [-0.2, -0.15) is 0 Å². The molecule has 0 aromatic rings. The molecule has 0 fully saturated rings. The van der Waals surface area contributed by atoms with Crippen molar-refractivity contribution in [3.63, 3.8) is 0 Å². The molecule has 1 unspecified atom stereocenters. The van der Waals surface area contributed by atoms with E-state index in [1.165, 1.54) is 6.92 Å². The van der Waals surface area contributed by atoms with Crippen LogP contribution in [0.1, 0.15) is 40.5 Å². The Morgan fingerprint density at radius 3 is 2.27 bits per heavy atom. The zero-order valence-electron chi connectivity index (χ0n) is 13.9. The Balaban J connectivity index is 3.67. The molecule has 7 heteroatoms. The van der Waals surface area contributed by atoms with E-state index in [2.05, 4.69) is 24.5 Å². The highest BCUT2D eigenvalue weighted by atomic mass is 16.6. The van der Waals surface area contributed by atoms with Gasteiger partial charge in [0.25, 0.3) is 5.91 Å². The Morgan fingerprint density at radius 2 is 1.68 bits per heavy atom. The fraction of sp³-hybridized carbons (Fsp3) is 0.800. The first-order valence-electron chi connectivity index (χ1n) is 7.62. The molecule has 0 rings (SSSR count). The first-order chi connectivity index (χ1) is 10.3. The molecule has 0 aromatic heterocycles. The molecule has 128 valence electrons. The van der Waals surface area contributed by atoms with E-state index in [1.54, 1.807) is 6.92 Å². The second-order valence-electron chi connectivity index (χ2n) is 5.49. The predicted octanol–water partition coefficient (Wildman–Crippen LogP) is 0.623. The molecule has 0 bridgehead atoms. The third-order valence-electron chi connectivity index (χ3n) is 2.79. The van der Waals surface area contributed by atoms with Crippen molar-refractivity contribution < 1.29 is 23.9 Å². The molecule has 2 N–H and O–H groups in total. The molecule has 0 aliphatic carbocycles. The van der Waals surface area contributed by atoms with Gasteiger partial charge in [-0.25, -0.2) is 4.79 Å². The number of amides is 2. The molecule has 0 aliphatic rings. The van der Waals surface area contributed by atoms with E-state index in [1.807, 2.05) is 0 Å². The average molecular weight is 316 g/mol. The topological polar surface area (TPSA) is 93.7 Å². The summed E-state index contributed by atoms with van der Waals surface area (Å²) in [4.78, 5) is 33.7. The van der Waals surface area contributed by atoms with E-state index in [0.717, 1.165) is 6.42 Å². The van der Waals surface area contributed by atoms with E-state index in [4.69, 9.17) is 9.47 Å². The Hall–Kier alpha value is -1.63. The molecule has 0 heterocycles. The maximum atomic E-state index is 11.6. The lowest BCUT2D eigenvalue weighted by molar-refractivity contribution is -0.159. The van der Waals surface area contributed by atoms with Gasteiger partial charge in [-0.05, 0) is 25.7 Å². The summed E-state index contributed by atoms with van der Waals surface area (Å²) in [7, 11) is 0. The van der Waals surface area contributed by atoms with Gasteiger partial charge >= 0.3 is 5.97 Å². The zero-order chi connectivity index (χ0) is 17.0. The zero-order valence-corrected chi connectivity index (χ0v) is 13.9. The van der Waals surface area contributed by atoms with Crippen molar-refractivity contribution in [3.05, 3.63) is 0 Å². The van der Waals surface area contributed by atoms with Gasteiger partial charge in [0.15, 0.2) is 12.7 Å². The summed E-state index contributed by atoms with van der Waals surface area (Å²) in [5.41, 5.74) is 0. The first kappa shape index (κ1) is 20.4. The van der Waals surface area contributed by atoms with Crippen molar-refractivity contribution in [2.24, 2.45) is 5.92 Å². The monoisotopic (exact) mass is 316 g/mol. The summed E-state index contributed by atoms with van der Waals surface area (Å²) in [6.07, 6.45) is 0.812. The van der Waals surface area contributed by atoms with E-state index in [0.29, 0.717) is 32.0 Å². The summed E-state index contributed by atoms with van der Waals surface area (Å²) < 4.78 is 10.2. The van der Waals surface area contributed by atoms with Crippen molar-refractivity contribution in [3.8, 4) is 0 Å². The van der Waals surface area contributed by atoms with Crippen LogP contribution in [-0.4, -0.2) is 50.2 Å². The standard InChI is InChI=1S/C15H28N2O5/c1-11(2)6-9-21-12(3)15(20)22-10-14(19)17-8-5-7-16-13(4)18/h11-12H,5-10H2,1-4H3,(H,16,18)(H,17,19). The molecule has 7 nitrogen and oxygen atoms in total. The van der Waals surface area contributed by atoms with E-state index < -0.39 is 12.1 Å². The minimum Gasteiger partial charge on any atom is -0.454 e. The van der Waals surface area contributed by atoms with Crippen molar-refractivity contribution in [1.29, 1.82) is 0 Å². The molecular formula is C15H28N2O5. The van der Waals surface area contributed by atoms with Crippen LogP contribution in [0.15, 0.2) is 0 Å². The number of nitrogens with one attached hydrogen (secondary N) is 2. The Labute approximate surface area is 132 Å². The highest BCUT2D eigenvalue weighted by Gasteiger charge is 2.16. The third kappa shape index (κ3) is 12.1. The Morgan fingerprint density at radius 1 is 1.05 bits per heavy atom. The number of hydrogen-bond acceptors (Lipinski definition) is 5. The van der Waals surface area contributed by atoms with Crippen LogP contribution in [0.25, 0.3) is 0 Å². The number of carbonyl (C=O) groups is 3. The number of rotatable bonds is 11. The summed E-state index contributed by atoms with van der Waals surface area (Å²) in [5.74, 6) is -0.513. The van der Waals surface area contributed by atoms with Crippen LogP contribution in [0.5, 0.6) is 0 Å². The molecule has 0 aliphatic heterocycles. The quantitative estimate of drug-likeness (QED) is 0.430. The fourth-order valence-corrected chi connectivity index (χ4v) is 1.43. The highest BCUT2D eigenvalue weighted by Crippen LogP contribution is 2.02. The molecule has 1 atom stereocenters. The molecule has 22 heavy (non-hydrogen) atoms. The molecule has 0 saturated heterocycles. The normalized spacial score (nSPS) is 11.9. The molecule has 0 aromatic carbocycles. The number of carbonyl (C=O) groups excluding carboxylic acids is 3. The second kappa shape index (κ2) is 12.0. The van der Waals surface area contributed by atoms with Crippen LogP contribution >= 0.6 is 0 Å². The van der Waals surface area contributed by atoms with Gasteiger partial charge in [0.05, 0.1) is 0 Å². The minimum absolute atomic E-state index is 0.105. The largest absolute Gasteiger partial charge is 0.454 e. The van der Waals surface area contributed by atoms with Crippen LogP contribution < -0.4 is 10.6 Å². The number of esters is 1. The van der Waals surface area contributed by atoms with Gasteiger partial charge < -0.3 is 20.1 Å². The van der Waals surface area contributed by atoms with Gasteiger partial charge in [0, 0.05) is 26.6 Å². The van der Waals surface area contributed by atoms with Crippen molar-refractivity contribution in [2.45, 2.75) is 46.6 Å². The van der Waals surface area contributed by atoms with Gasteiger partial charge in [0.2, 0.25) is 5.91 Å². The highest BCUT2D eigenvalue weighted by molar-refractivity contribution is 5.81. The van der Waals surface area contributed by atoms with Gasteiger partial charge in [0.1, 0.15) is 0 Å². The van der Waals surface area contributed by atoms with Crippen molar-refractivity contribution >= 4 is 17.8 Å². The molecule has 0 spiro atoms. The summed E-state index contributed by atoms with van der Waals surface area (Å²) in [5, 5.41) is 5.22. The average Bonchev–Trinajstić information content (AvgIpc) is 2.43. The first-order valence-corrected chi connectivity index (χ1v) is 7.62. The molecule has 0 radical (unpaired) electrons. The Kier molecular flexibility index (Phi) is 11.1. The fourth-order valence-electron chi connectivity index (χ4n) is 1.43. The summed E-state index contributed by atoms with van der Waals surface area (Å²) >= 11 is 0. The number of ether oxygens (including phenoxy) is 2. The van der Waals surface area contributed by atoms with Gasteiger partial charge in [-0.3, -0.25) is 9.59 Å². The third-order valence-corrected chi connectivity index (χ3v) is 2.79. The second-order valence-corrected chi connectivity index (χ2v) is 5.49. The Bertz CT molecular complexity index is 358. The molecular weight excluding hydrogens is 288 g/mol. The summed E-state index contributed by atoms with van der Waals surface area (Å²) in [6.45, 7) is 8.26. The van der Waals surface area contributed by atoms with E-state index >= 15 is 0 Å². The van der Waals surface area contributed by atoms with Gasteiger partial charge in [-0.1, -0.05) is 13.8 Å². The smallest absolute Gasteiger partial charge is 0.335 e. The lowest BCUT2D eigenvalue weighted by atomic mass is 10.1. The van der Waals surface area contributed by atoms with Gasteiger partial charge in [-0.15, -0.1) is 0 Å². The SMILES string of the molecule is CC(=O)NCCCNC(=O)COC(=O)C(C)OCCC(C)C. The maximum absolute atomic E-state index is 11.6. The lowest BCUT2D eigenvalue weighted by Gasteiger charge is -2.13.